The fourth-order valence-corrected chi connectivity index (χ4v) is 5.78. The summed E-state index contributed by atoms with van der Waals surface area (Å²) in [4.78, 5) is 43.1. The van der Waals surface area contributed by atoms with Gasteiger partial charge in [0, 0.05) is 19.3 Å². The van der Waals surface area contributed by atoms with Crippen LogP contribution in [0.3, 0.4) is 0 Å². The maximum atomic E-state index is 13.6. The molecule has 2 N–H and O–H groups in total. The minimum atomic E-state index is -4.42. The van der Waals surface area contributed by atoms with Gasteiger partial charge in [-0.05, 0) is 54.1 Å². The number of halogens is 3. The summed E-state index contributed by atoms with van der Waals surface area (Å²) in [6.07, 6.45) is -1.17. The molecular weight excluding hydrogens is 558 g/mol. The first-order valence-corrected chi connectivity index (χ1v) is 13.3. The standard InChI is InChI=1S/C25H21ClF2N4O6S/c26-21-10-3-16(14-29-21)25(36)31-11-12-32(39(37,38)19-8-6-18(28)7-9-19)24(31)23(35)30-20(13-22(33)34)15-1-4-17(27)5-2-15/h1-10,14,20,24H,11-13H2,(H,30,35)(H,33,34). The molecule has 2 atom stereocenters. The maximum absolute atomic E-state index is 13.6. The molecule has 2 amide bonds. The SMILES string of the molecule is O=C(O)CC(NC(=O)C1N(C(=O)c2ccc(Cl)nc2)CCN1S(=O)(=O)c1ccc(F)cc1)c1ccc(F)cc1. The van der Waals surface area contributed by atoms with Crippen molar-refractivity contribution in [1.29, 1.82) is 0 Å². The second kappa shape index (κ2) is 11.4. The molecule has 1 fully saturated rings. The van der Waals surface area contributed by atoms with E-state index < -0.39 is 58.1 Å². The predicted octanol–water partition coefficient (Wildman–Crippen LogP) is 2.82. The van der Waals surface area contributed by atoms with Gasteiger partial charge in [0.15, 0.2) is 6.17 Å². The summed E-state index contributed by atoms with van der Waals surface area (Å²) in [5.74, 6) is -4.27. The van der Waals surface area contributed by atoms with Crippen LogP contribution >= 0.6 is 11.6 Å². The third-order valence-electron chi connectivity index (χ3n) is 5.99. The molecule has 14 heteroatoms. The molecule has 2 aromatic carbocycles. The quantitative estimate of drug-likeness (QED) is 0.392. The van der Waals surface area contributed by atoms with Crippen molar-refractivity contribution in [2.75, 3.05) is 13.1 Å². The van der Waals surface area contributed by atoms with Crippen LogP contribution in [0.2, 0.25) is 5.15 Å². The van der Waals surface area contributed by atoms with Crippen LogP contribution in [-0.4, -0.2) is 64.8 Å². The third-order valence-corrected chi connectivity index (χ3v) is 8.08. The van der Waals surface area contributed by atoms with Gasteiger partial charge in [0.2, 0.25) is 10.0 Å². The van der Waals surface area contributed by atoms with E-state index in [9.17, 15) is 36.7 Å². The van der Waals surface area contributed by atoms with E-state index in [1.807, 2.05) is 0 Å². The number of carboxylic acid groups (broad SMARTS) is 1. The highest BCUT2D eigenvalue weighted by Crippen LogP contribution is 2.28. The van der Waals surface area contributed by atoms with E-state index in [0.717, 1.165) is 45.6 Å². The minimum absolute atomic E-state index is 0.0267. The smallest absolute Gasteiger partial charge is 0.305 e. The van der Waals surface area contributed by atoms with Gasteiger partial charge < -0.3 is 15.3 Å². The van der Waals surface area contributed by atoms with Crippen molar-refractivity contribution in [3.8, 4) is 0 Å². The first-order chi connectivity index (χ1) is 18.5. The Bertz CT molecular complexity index is 1490. The van der Waals surface area contributed by atoms with Crippen LogP contribution in [0.5, 0.6) is 0 Å². The number of nitrogens with one attached hydrogen (secondary N) is 1. The molecule has 2 heterocycles. The number of sulfonamides is 1. The van der Waals surface area contributed by atoms with Crippen molar-refractivity contribution in [2.45, 2.75) is 23.5 Å². The highest BCUT2D eigenvalue weighted by Gasteiger charge is 2.47. The molecule has 0 saturated carbocycles. The van der Waals surface area contributed by atoms with Crippen molar-refractivity contribution in [3.05, 3.63) is 94.8 Å². The lowest BCUT2D eigenvalue weighted by molar-refractivity contribution is -0.138. The Labute approximate surface area is 226 Å². The molecule has 39 heavy (non-hydrogen) atoms. The average Bonchev–Trinajstić information content (AvgIpc) is 3.35. The fourth-order valence-electron chi connectivity index (χ4n) is 4.12. The molecule has 1 saturated heterocycles. The first-order valence-electron chi connectivity index (χ1n) is 11.4. The average molecular weight is 579 g/mol. The van der Waals surface area contributed by atoms with Crippen molar-refractivity contribution in [1.82, 2.24) is 19.5 Å². The lowest BCUT2D eigenvalue weighted by Gasteiger charge is -2.30. The third kappa shape index (κ3) is 6.21. The van der Waals surface area contributed by atoms with E-state index in [0.29, 0.717) is 0 Å². The van der Waals surface area contributed by atoms with Crippen LogP contribution in [0.25, 0.3) is 0 Å². The Balaban J connectivity index is 1.72. The number of hydrogen-bond donors (Lipinski definition) is 2. The van der Waals surface area contributed by atoms with E-state index in [2.05, 4.69) is 10.3 Å². The van der Waals surface area contributed by atoms with Gasteiger partial charge in [0.25, 0.3) is 11.8 Å². The molecule has 1 aliphatic rings. The number of benzene rings is 2. The predicted molar refractivity (Wildman–Crippen MR) is 134 cm³/mol. The van der Waals surface area contributed by atoms with Crippen molar-refractivity contribution in [2.24, 2.45) is 0 Å². The Kier molecular flexibility index (Phi) is 8.23. The molecule has 0 radical (unpaired) electrons. The van der Waals surface area contributed by atoms with Crippen molar-refractivity contribution in [3.63, 3.8) is 0 Å². The van der Waals surface area contributed by atoms with Gasteiger partial charge in [-0.3, -0.25) is 14.4 Å². The topological polar surface area (TPSA) is 137 Å². The van der Waals surface area contributed by atoms with E-state index in [-0.39, 0.29) is 34.3 Å². The first kappa shape index (κ1) is 28.1. The number of nitrogens with zero attached hydrogens (tertiary/aromatic N) is 3. The van der Waals surface area contributed by atoms with Crippen molar-refractivity contribution >= 4 is 39.4 Å². The van der Waals surface area contributed by atoms with Crippen molar-refractivity contribution < 1.29 is 36.7 Å². The summed E-state index contributed by atoms with van der Waals surface area (Å²) in [7, 11) is -4.42. The van der Waals surface area contributed by atoms with Gasteiger partial charge >= 0.3 is 5.97 Å². The van der Waals surface area contributed by atoms with Crippen LogP contribution in [0.1, 0.15) is 28.4 Å². The molecule has 0 spiro atoms. The maximum Gasteiger partial charge on any atom is 0.305 e. The number of amides is 2. The van der Waals surface area contributed by atoms with Gasteiger partial charge in [-0.15, -0.1) is 0 Å². The minimum Gasteiger partial charge on any atom is -0.481 e. The summed E-state index contributed by atoms with van der Waals surface area (Å²) in [6, 6.07) is 10.2. The highest BCUT2D eigenvalue weighted by atomic mass is 35.5. The molecule has 0 aliphatic carbocycles. The van der Waals surface area contributed by atoms with Gasteiger partial charge in [-0.2, -0.15) is 4.31 Å². The Morgan fingerprint density at radius 1 is 1.00 bits per heavy atom. The lowest BCUT2D eigenvalue weighted by Crippen LogP contribution is -2.54. The zero-order chi connectivity index (χ0) is 28.3. The summed E-state index contributed by atoms with van der Waals surface area (Å²) in [6.45, 7) is -0.481. The van der Waals surface area contributed by atoms with Crippen LogP contribution in [0.15, 0.2) is 71.8 Å². The molecule has 1 aromatic heterocycles. The van der Waals surface area contributed by atoms with E-state index in [4.69, 9.17) is 11.6 Å². The summed E-state index contributed by atoms with van der Waals surface area (Å²) < 4.78 is 54.7. The van der Waals surface area contributed by atoms with Crippen LogP contribution in [-0.2, 0) is 19.6 Å². The lowest BCUT2D eigenvalue weighted by atomic mass is 10.0. The second-order valence-electron chi connectivity index (χ2n) is 8.52. The van der Waals surface area contributed by atoms with Crippen LogP contribution in [0.4, 0.5) is 8.78 Å². The molecule has 4 rings (SSSR count). The number of carbonyl (C=O) groups is 3. The van der Waals surface area contributed by atoms with Gasteiger partial charge in [0.05, 0.1) is 22.9 Å². The number of pyridine rings is 1. The van der Waals surface area contributed by atoms with E-state index in [1.165, 1.54) is 30.5 Å². The largest absolute Gasteiger partial charge is 0.481 e. The molecule has 1 aliphatic heterocycles. The fraction of sp³-hybridized carbons (Fsp3) is 0.200. The number of carbonyl (C=O) groups excluding carboxylic acids is 2. The summed E-state index contributed by atoms with van der Waals surface area (Å²) in [5.41, 5.74) is 0.275. The number of aliphatic carboxylic acids is 1. The molecule has 10 nitrogen and oxygen atoms in total. The highest BCUT2D eigenvalue weighted by molar-refractivity contribution is 7.89. The summed E-state index contributed by atoms with van der Waals surface area (Å²) in [5, 5.41) is 12.0. The van der Waals surface area contributed by atoms with Crippen LogP contribution in [0, 0.1) is 11.6 Å². The van der Waals surface area contributed by atoms with Gasteiger partial charge in [0.1, 0.15) is 16.8 Å². The van der Waals surface area contributed by atoms with Gasteiger partial charge in [-0.25, -0.2) is 22.2 Å². The number of carboxylic acids is 1. The zero-order valence-electron chi connectivity index (χ0n) is 20.0. The number of hydrogen-bond acceptors (Lipinski definition) is 6. The van der Waals surface area contributed by atoms with E-state index >= 15 is 0 Å². The molecule has 0 bridgehead atoms. The van der Waals surface area contributed by atoms with E-state index in [1.54, 1.807) is 0 Å². The monoisotopic (exact) mass is 578 g/mol. The second-order valence-corrected chi connectivity index (χ2v) is 10.8. The molecule has 3 aromatic rings. The summed E-state index contributed by atoms with van der Waals surface area (Å²) >= 11 is 5.80. The Morgan fingerprint density at radius 3 is 2.18 bits per heavy atom. The molecule has 2 unspecified atom stereocenters. The normalized spacial score (nSPS) is 16.6. The Hall–Kier alpha value is -3.94. The number of rotatable bonds is 8. The molecule has 204 valence electrons. The molecular formula is C25H21ClF2N4O6S. The Morgan fingerprint density at radius 2 is 1.62 bits per heavy atom. The van der Waals surface area contributed by atoms with Gasteiger partial charge in [-0.1, -0.05) is 23.7 Å². The number of aromatic nitrogens is 1. The zero-order valence-corrected chi connectivity index (χ0v) is 21.6. The van der Waals surface area contributed by atoms with Crippen LogP contribution < -0.4 is 5.32 Å².